The van der Waals surface area contributed by atoms with E-state index in [-0.39, 0.29) is 16.9 Å². The van der Waals surface area contributed by atoms with Gasteiger partial charge in [-0.25, -0.2) is 4.79 Å². The lowest BCUT2D eigenvalue weighted by molar-refractivity contribution is -0.125. The minimum atomic E-state index is -1.03. The molecule has 0 radical (unpaired) electrons. The van der Waals surface area contributed by atoms with Crippen LogP contribution in [0.4, 0.5) is 0 Å². The van der Waals surface area contributed by atoms with Crippen molar-refractivity contribution >= 4 is 17.7 Å². The highest BCUT2D eigenvalue weighted by Gasteiger charge is 2.14. The maximum atomic E-state index is 11.5. The molecule has 6 heteroatoms. The van der Waals surface area contributed by atoms with Gasteiger partial charge in [0, 0.05) is 19.9 Å². The number of nitrogens with zero attached hydrogens (tertiary/aromatic N) is 1. The molecule has 0 aliphatic heterocycles. The second kappa shape index (κ2) is 15.0. The Bertz CT molecular complexity index is 1290. The van der Waals surface area contributed by atoms with Crippen LogP contribution in [0, 0.1) is 5.41 Å². The summed E-state index contributed by atoms with van der Waals surface area (Å²) >= 11 is 0. The Hall–Kier alpha value is -3.93. The largest absolute Gasteiger partial charge is 0.496 e. The maximum absolute atomic E-state index is 11.5. The van der Waals surface area contributed by atoms with Crippen LogP contribution in [0.3, 0.4) is 0 Å². The lowest BCUT2D eigenvalue weighted by Gasteiger charge is -2.19. The third-order valence-corrected chi connectivity index (χ3v) is 6.82. The first-order chi connectivity index (χ1) is 18.9. The zero-order valence-corrected chi connectivity index (χ0v) is 25.0. The molecule has 0 bridgehead atoms. The monoisotopic (exact) mass is 544 g/mol. The van der Waals surface area contributed by atoms with Gasteiger partial charge in [-0.2, -0.15) is 0 Å². The molecule has 1 amide bonds. The van der Waals surface area contributed by atoms with E-state index in [9.17, 15) is 14.7 Å². The van der Waals surface area contributed by atoms with E-state index in [1.807, 2.05) is 37.3 Å². The molecule has 0 fully saturated rings. The topological polar surface area (TPSA) is 90.7 Å². The van der Waals surface area contributed by atoms with Gasteiger partial charge in [0.15, 0.2) is 0 Å². The standard InChI is InChI=1S/C22H26N2O4.C12H18/c1-4-24(15(2)25)21(23)10-6-8-16-7-5-9-17(13-16)18-11-12-20(28-3)19(14-18)22(26)27;1-5-10-6-8-11(9-7-10)12(2,3)4/h5,7,9,11-14,23H,4,6,8,10H2,1-3H3,(H,26,27);6-9H,5H2,1-4H3. The predicted octanol–water partition coefficient (Wildman–Crippen LogP) is 7.78. The van der Waals surface area contributed by atoms with Crippen LogP contribution < -0.4 is 4.74 Å². The molecule has 6 nitrogen and oxygen atoms in total. The van der Waals surface area contributed by atoms with Crippen molar-refractivity contribution < 1.29 is 19.4 Å². The van der Waals surface area contributed by atoms with Crippen LogP contribution in [0.15, 0.2) is 66.7 Å². The number of carbonyl (C=O) groups is 2. The molecule has 0 aliphatic rings. The van der Waals surface area contributed by atoms with Crippen LogP contribution in [0.1, 0.15) is 81.4 Å². The smallest absolute Gasteiger partial charge is 0.339 e. The second-order valence-electron chi connectivity index (χ2n) is 10.8. The summed E-state index contributed by atoms with van der Waals surface area (Å²) in [6.45, 7) is 12.8. The Kier molecular flexibility index (Phi) is 12.1. The zero-order valence-electron chi connectivity index (χ0n) is 25.0. The number of hydrogen-bond acceptors (Lipinski definition) is 4. The van der Waals surface area contributed by atoms with Crippen LogP contribution >= 0.6 is 0 Å². The van der Waals surface area contributed by atoms with Gasteiger partial charge in [-0.05, 0) is 71.6 Å². The predicted molar refractivity (Wildman–Crippen MR) is 164 cm³/mol. The first-order valence-corrected chi connectivity index (χ1v) is 13.9. The Morgan fingerprint density at radius 3 is 2.10 bits per heavy atom. The Morgan fingerprint density at radius 1 is 0.925 bits per heavy atom. The quantitative estimate of drug-likeness (QED) is 0.213. The van der Waals surface area contributed by atoms with E-state index < -0.39 is 5.97 Å². The van der Waals surface area contributed by atoms with E-state index in [1.54, 1.807) is 12.1 Å². The minimum absolute atomic E-state index is 0.108. The van der Waals surface area contributed by atoms with Crippen LogP contribution in [0.2, 0.25) is 0 Å². The summed E-state index contributed by atoms with van der Waals surface area (Å²) in [6.07, 6.45) is 3.19. The summed E-state index contributed by atoms with van der Waals surface area (Å²) < 4.78 is 5.11. The van der Waals surface area contributed by atoms with Gasteiger partial charge in [0.1, 0.15) is 17.1 Å². The fourth-order valence-corrected chi connectivity index (χ4v) is 4.40. The van der Waals surface area contributed by atoms with Gasteiger partial charge in [-0.15, -0.1) is 0 Å². The number of ether oxygens (including phenoxy) is 1. The van der Waals surface area contributed by atoms with Crippen molar-refractivity contribution in [1.82, 2.24) is 4.90 Å². The summed E-state index contributed by atoms with van der Waals surface area (Å²) in [5.74, 6) is -0.466. The summed E-state index contributed by atoms with van der Waals surface area (Å²) in [5, 5.41) is 17.4. The van der Waals surface area contributed by atoms with Gasteiger partial charge in [0.25, 0.3) is 0 Å². The van der Waals surface area contributed by atoms with Crippen molar-refractivity contribution in [2.75, 3.05) is 13.7 Å². The molecule has 2 N–H and O–H groups in total. The summed E-state index contributed by atoms with van der Waals surface area (Å²) in [6, 6.07) is 21.9. The lowest BCUT2D eigenvalue weighted by atomic mass is 9.86. The average molecular weight is 545 g/mol. The highest BCUT2D eigenvalue weighted by atomic mass is 16.5. The van der Waals surface area contributed by atoms with Crippen molar-refractivity contribution in [3.05, 3.63) is 89.0 Å². The number of methoxy groups -OCH3 is 1. The van der Waals surface area contributed by atoms with Crippen molar-refractivity contribution in [3.8, 4) is 16.9 Å². The lowest BCUT2D eigenvalue weighted by Crippen LogP contribution is -2.34. The van der Waals surface area contributed by atoms with E-state index in [0.29, 0.717) is 24.6 Å². The second-order valence-corrected chi connectivity index (χ2v) is 10.8. The average Bonchev–Trinajstić information content (AvgIpc) is 2.93. The molecule has 40 heavy (non-hydrogen) atoms. The van der Waals surface area contributed by atoms with Crippen molar-refractivity contribution in [2.24, 2.45) is 0 Å². The molecule has 3 aromatic carbocycles. The zero-order chi connectivity index (χ0) is 29.9. The highest BCUT2D eigenvalue weighted by Crippen LogP contribution is 2.28. The molecule has 0 spiro atoms. The van der Waals surface area contributed by atoms with Gasteiger partial charge >= 0.3 is 5.97 Å². The molecule has 0 heterocycles. The van der Waals surface area contributed by atoms with Crippen molar-refractivity contribution in [3.63, 3.8) is 0 Å². The van der Waals surface area contributed by atoms with E-state index in [1.165, 1.54) is 30.1 Å². The number of rotatable bonds is 9. The maximum Gasteiger partial charge on any atom is 0.339 e. The number of hydrogen-bond donors (Lipinski definition) is 2. The number of amidine groups is 1. The Morgan fingerprint density at radius 2 is 1.57 bits per heavy atom. The van der Waals surface area contributed by atoms with Gasteiger partial charge < -0.3 is 14.7 Å². The summed E-state index contributed by atoms with van der Waals surface area (Å²) in [4.78, 5) is 24.4. The normalized spacial score (nSPS) is 10.8. The number of aryl methyl sites for hydroxylation is 2. The fraction of sp³-hybridized carbons (Fsp3) is 0.382. The van der Waals surface area contributed by atoms with Gasteiger partial charge in [0.05, 0.1) is 7.11 Å². The Balaban J connectivity index is 0.000000389. The van der Waals surface area contributed by atoms with E-state index in [4.69, 9.17) is 10.1 Å². The molecule has 0 saturated heterocycles. The molecular weight excluding hydrogens is 500 g/mol. The first kappa shape index (κ1) is 32.3. The molecule has 0 unspecified atom stereocenters. The summed E-state index contributed by atoms with van der Waals surface area (Å²) in [7, 11) is 1.45. The minimum Gasteiger partial charge on any atom is -0.496 e. The van der Waals surface area contributed by atoms with Crippen LogP contribution in [-0.4, -0.2) is 41.4 Å². The molecule has 214 valence electrons. The third kappa shape index (κ3) is 9.37. The number of carbonyl (C=O) groups excluding carboxylic acids is 1. The van der Waals surface area contributed by atoms with Crippen LogP contribution in [-0.2, 0) is 23.1 Å². The molecule has 3 rings (SSSR count). The molecular formula is C34H44N2O4. The van der Waals surface area contributed by atoms with E-state index in [0.717, 1.165) is 36.0 Å². The first-order valence-electron chi connectivity index (χ1n) is 13.9. The van der Waals surface area contributed by atoms with Crippen molar-refractivity contribution in [1.29, 1.82) is 5.41 Å². The van der Waals surface area contributed by atoms with Crippen LogP contribution in [0.5, 0.6) is 5.75 Å². The van der Waals surface area contributed by atoms with Gasteiger partial charge in [0.2, 0.25) is 5.91 Å². The van der Waals surface area contributed by atoms with E-state index >= 15 is 0 Å². The number of carboxylic acid groups (broad SMARTS) is 1. The molecule has 0 atom stereocenters. The SMILES string of the molecule is CCN(C(=N)CCCc1cccc(-c2ccc(OC)c(C(=O)O)c2)c1)C(C)=O.CCc1ccc(C(C)(C)C)cc1. The van der Waals surface area contributed by atoms with Gasteiger partial charge in [-0.1, -0.05) is 82.3 Å². The molecule has 0 saturated carbocycles. The number of amides is 1. The third-order valence-electron chi connectivity index (χ3n) is 6.82. The Labute approximate surface area is 239 Å². The van der Waals surface area contributed by atoms with Gasteiger partial charge in [-0.3, -0.25) is 10.2 Å². The number of benzene rings is 3. The molecule has 3 aromatic rings. The number of nitrogens with one attached hydrogen (secondary N) is 1. The number of aromatic carboxylic acids is 1. The fourth-order valence-electron chi connectivity index (χ4n) is 4.40. The van der Waals surface area contributed by atoms with E-state index in [2.05, 4.69) is 52.0 Å². The highest BCUT2D eigenvalue weighted by molar-refractivity contribution is 5.95. The number of carboxylic acids is 1. The van der Waals surface area contributed by atoms with Crippen LogP contribution in [0.25, 0.3) is 11.1 Å². The molecule has 0 aliphatic carbocycles. The summed E-state index contributed by atoms with van der Waals surface area (Å²) in [5.41, 5.74) is 6.08. The van der Waals surface area contributed by atoms with Crippen molar-refractivity contribution in [2.45, 2.75) is 72.6 Å². The molecule has 0 aromatic heterocycles.